The minimum atomic E-state index is 0.764. The highest BCUT2D eigenvalue weighted by molar-refractivity contribution is 5.31. The van der Waals surface area contributed by atoms with E-state index in [1.54, 1.807) is 0 Å². The first kappa shape index (κ1) is 12.5. The highest BCUT2D eigenvalue weighted by atomic mass is 15.1. The van der Waals surface area contributed by atoms with Crippen molar-refractivity contribution in [3.63, 3.8) is 0 Å². The van der Waals surface area contributed by atoms with Gasteiger partial charge in [0, 0.05) is 0 Å². The van der Waals surface area contributed by atoms with E-state index in [1.165, 1.54) is 0 Å². The summed E-state index contributed by atoms with van der Waals surface area (Å²) >= 11 is 0. The molecule has 0 aliphatic heterocycles. The first-order valence-electron chi connectivity index (χ1n) is 6.51. The Bertz CT molecular complexity index is 451. The smallest absolute Gasteiger partial charge is 0.0966 e. The van der Waals surface area contributed by atoms with E-state index in [2.05, 4.69) is 22.4 Å². The van der Waals surface area contributed by atoms with E-state index in [0.29, 0.717) is 0 Å². The number of hydrogen-bond acceptors (Lipinski definition) is 4. The zero-order valence-corrected chi connectivity index (χ0v) is 10.4. The summed E-state index contributed by atoms with van der Waals surface area (Å²) in [6.07, 6.45) is 7.57. The van der Waals surface area contributed by atoms with Crippen molar-refractivity contribution in [3.05, 3.63) is 22.5 Å². The normalized spacial score (nSPS) is 21.0. The molecule has 0 amide bonds. The second-order valence-corrected chi connectivity index (χ2v) is 4.69. The third-order valence-corrected chi connectivity index (χ3v) is 3.44. The van der Waals surface area contributed by atoms with Gasteiger partial charge in [0.05, 0.1) is 34.7 Å². The highest BCUT2D eigenvalue weighted by Crippen LogP contribution is 2.29. The van der Waals surface area contributed by atoms with Gasteiger partial charge < -0.3 is 0 Å². The van der Waals surface area contributed by atoms with Crippen molar-refractivity contribution in [1.29, 1.82) is 10.5 Å². The molecule has 0 heterocycles. The lowest BCUT2D eigenvalue weighted by atomic mass is 9.97. The maximum absolute atomic E-state index is 9.02. The molecular weight excluding hydrogens is 224 g/mol. The van der Waals surface area contributed by atoms with Crippen LogP contribution in [0.15, 0.2) is 32.8 Å². The fourth-order valence-corrected chi connectivity index (χ4v) is 2.36. The van der Waals surface area contributed by atoms with E-state index in [9.17, 15) is 0 Å². The quantitative estimate of drug-likeness (QED) is 0.680. The van der Waals surface area contributed by atoms with Crippen LogP contribution in [0, 0.1) is 22.7 Å². The Morgan fingerprint density at radius 2 is 1.06 bits per heavy atom. The molecule has 0 N–H and O–H groups in total. The van der Waals surface area contributed by atoms with Crippen LogP contribution in [0.2, 0.25) is 0 Å². The summed E-state index contributed by atoms with van der Waals surface area (Å²) in [6.45, 7) is 0. The van der Waals surface area contributed by atoms with Crippen LogP contribution in [0.1, 0.15) is 51.4 Å². The van der Waals surface area contributed by atoms with Crippen LogP contribution in [0.4, 0.5) is 0 Å². The first-order chi connectivity index (χ1) is 8.85. The zero-order chi connectivity index (χ0) is 12.8. The molecule has 0 saturated heterocycles. The van der Waals surface area contributed by atoms with E-state index < -0.39 is 0 Å². The van der Waals surface area contributed by atoms with Gasteiger partial charge in [0.25, 0.3) is 0 Å². The summed E-state index contributed by atoms with van der Waals surface area (Å²) in [5.74, 6) is 0. The number of azo groups is 1. The van der Waals surface area contributed by atoms with Crippen molar-refractivity contribution in [1.82, 2.24) is 0 Å². The van der Waals surface area contributed by atoms with E-state index in [1.807, 2.05) is 0 Å². The van der Waals surface area contributed by atoms with Gasteiger partial charge in [0.1, 0.15) is 0 Å². The Morgan fingerprint density at radius 3 is 1.44 bits per heavy atom. The maximum Gasteiger partial charge on any atom is 0.0966 e. The number of rotatable bonds is 2. The fourth-order valence-electron chi connectivity index (χ4n) is 2.36. The van der Waals surface area contributed by atoms with Gasteiger partial charge in [0.2, 0.25) is 0 Å². The van der Waals surface area contributed by atoms with Gasteiger partial charge in [-0.15, -0.1) is 0 Å². The van der Waals surface area contributed by atoms with Crippen LogP contribution in [-0.4, -0.2) is 0 Å². The van der Waals surface area contributed by atoms with E-state index in [-0.39, 0.29) is 0 Å². The Morgan fingerprint density at radius 1 is 0.667 bits per heavy atom. The van der Waals surface area contributed by atoms with Crippen molar-refractivity contribution in [2.24, 2.45) is 10.2 Å². The molecule has 18 heavy (non-hydrogen) atoms. The average Bonchev–Trinajstić information content (AvgIpc) is 2.45. The first-order valence-corrected chi connectivity index (χ1v) is 6.51. The van der Waals surface area contributed by atoms with Crippen molar-refractivity contribution in [2.75, 3.05) is 0 Å². The second-order valence-electron chi connectivity index (χ2n) is 4.69. The van der Waals surface area contributed by atoms with Crippen LogP contribution in [-0.2, 0) is 0 Å². The molecule has 0 saturated carbocycles. The van der Waals surface area contributed by atoms with Crippen LogP contribution < -0.4 is 0 Å². The minimum absolute atomic E-state index is 0.764. The Kier molecular flexibility index (Phi) is 4.25. The van der Waals surface area contributed by atoms with Crippen LogP contribution >= 0.6 is 0 Å². The Hall–Kier alpha value is -1.94. The lowest BCUT2D eigenvalue weighted by molar-refractivity contribution is 0.653. The van der Waals surface area contributed by atoms with Gasteiger partial charge in [-0.2, -0.15) is 20.8 Å². The lowest BCUT2D eigenvalue weighted by Crippen LogP contribution is -1.98. The predicted octanol–water partition coefficient (Wildman–Crippen LogP) is 4.14. The number of allylic oxidation sites excluding steroid dienone is 4. The fraction of sp³-hybridized carbons (Fsp3) is 0.571. The van der Waals surface area contributed by atoms with Gasteiger partial charge in [-0.05, 0) is 51.4 Å². The molecule has 4 nitrogen and oxygen atoms in total. The van der Waals surface area contributed by atoms with Crippen LogP contribution in [0.3, 0.4) is 0 Å². The molecule has 0 aromatic carbocycles. The average molecular weight is 240 g/mol. The molecule has 0 radical (unpaired) electrons. The summed E-state index contributed by atoms with van der Waals surface area (Å²) in [6, 6.07) is 4.42. The molecule has 0 bridgehead atoms. The molecular formula is C14H16N4. The third-order valence-electron chi connectivity index (χ3n) is 3.44. The number of hydrogen-bond donors (Lipinski definition) is 0. The van der Waals surface area contributed by atoms with Crippen molar-refractivity contribution < 1.29 is 0 Å². The molecule has 2 aliphatic carbocycles. The van der Waals surface area contributed by atoms with Crippen molar-refractivity contribution >= 4 is 0 Å². The van der Waals surface area contributed by atoms with Gasteiger partial charge in [0.15, 0.2) is 0 Å². The maximum atomic E-state index is 9.02. The predicted molar refractivity (Wildman–Crippen MR) is 67.1 cm³/mol. The molecule has 0 fully saturated rings. The largest absolute Gasteiger partial charge is 0.193 e. The molecule has 2 rings (SSSR count). The van der Waals surface area contributed by atoms with E-state index >= 15 is 0 Å². The zero-order valence-electron chi connectivity index (χ0n) is 10.4. The summed E-state index contributed by atoms with van der Waals surface area (Å²) in [5.41, 5.74) is 3.16. The van der Waals surface area contributed by atoms with Crippen molar-refractivity contribution in [3.8, 4) is 12.1 Å². The van der Waals surface area contributed by atoms with Crippen LogP contribution in [0.5, 0.6) is 0 Å². The van der Waals surface area contributed by atoms with E-state index in [0.717, 1.165) is 73.9 Å². The third kappa shape index (κ3) is 2.84. The molecule has 0 unspecified atom stereocenters. The number of nitriles is 2. The summed E-state index contributed by atoms with van der Waals surface area (Å²) < 4.78 is 0. The van der Waals surface area contributed by atoms with Gasteiger partial charge in [-0.3, -0.25) is 0 Å². The summed E-state index contributed by atoms with van der Waals surface area (Å²) in [7, 11) is 0. The standard InChI is InChI=1S/C14H16N4/c15-9-11-5-1-3-7-13(11)17-18-14-8-4-2-6-12(14)10-16/h1-8H2/b18-17+. The Balaban J connectivity index is 2.20. The van der Waals surface area contributed by atoms with Gasteiger partial charge in [-0.25, -0.2) is 0 Å². The molecule has 0 spiro atoms. The SMILES string of the molecule is N#CC1=C(/N=N/C2=C(C#N)CCCC2)CCCC1. The highest BCUT2D eigenvalue weighted by Gasteiger charge is 2.14. The number of nitrogens with zero attached hydrogens (tertiary/aromatic N) is 4. The van der Waals surface area contributed by atoms with Gasteiger partial charge >= 0.3 is 0 Å². The summed E-state index contributed by atoms with van der Waals surface area (Å²) in [5, 5.41) is 26.5. The summed E-state index contributed by atoms with van der Waals surface area (Å²) in [4.78, 5) is 0. The molecule has 0 atom stereocenters. The molecule has 92 valence electrons. The lowest BCUT2D eigenvalue weighted by Gasteiger charge is -2.13. The molecule has 2 aliphatic rings. The van der Waals surface area contributed by atoms with Gasteiger partial charge in [-0.1, -0.05) is 0 Å². The van der Waals surface area contributed by atoms with Crippen LogP contribution in [0.25, 0.3) is 0 Å². The molecule has 4 heteroatoms. The van der Waals surface area contributed by atoms with E-state index in [4.69, 9.17) is 10.5 Å². The Labute approximate surface area is 107 Å². The minimum Gasteiger partial charge on any atom is -0.193 e. The molecule has 0 aromatic rings. The topological polar surface area (TPSA) is 72.3 Å². The second kappa shape index (κ2) is 6.12. The molecule has 0 aromatic heterocycles. The monoisotopic (exact) mass is 240 g/mol. The van der Waals surface area contributed by atoms with Crippen molar-refractivity contribution in [2.45, 2.75) is 51.4 Å².